The summed E-state index contributed by atoms with van der Waals surface area (Å²) in [7, 11) is 0. The molecule has 2 heterocycles. The number of carbonyl (C=O) groups is 3. The van der Waals surface area contributed by atoms with Crippen molar-refractivity contribution in [1.29, 1.82) is 0 Å². The molecule has 1 unspecified atom stereocenters. The lowest BCUT2D eigenvalue weighted by Crippen LogP contribution is -2.52. The molecule has 1 atom stereocenters. The smallest absolute Gasteiger partial charge is 0.304 e. The van der Waals surface area contributed by atoms with Crippen LogP contribution in [0.3, 0.4) is 0 Å². The Morgan fingerprint density at radius 1 is 1.05 bits per heavy atom. The van der Waals surface area contributed by atoms with E-state index in [0.29, 0.717) is 26.2 Å². The van der Waals surface area contributed by atoms with Crippen molar-refractivity contribution in [3.63, 3.8) is 0 Å². The van der Waals surface area contributed by atoms with Crippen LogP contribution in [0, 0.1) is 0 Å². The third-order valence-electron chi connectivity index (χ3n) is 4.33. The average Bonchev–Trinajstić information content (AvgIpc) is 2.85. The number of carbonyl (C=O) groups excluding carboxylic acids is 2. The Hall–Kier alpha value is -1.63. The van der Waals surface area contributed by atoms with Gasteiger partial charge in [0.25, 0.3) is 0 Å². The third-order valence-corrected chi connectivity index (χ3v) is 4.33. The number of rotatable bonds is 4. The number of carboxylic acid groups (broad SMARTS) is 1. The minimum Gasteiger partial charge on any atom is -0.481 e. The molecule has 0 spiro atoms. The standard InChI is InChI=1S/C14H23N3O4/c1-11(18)15-5-7-16(8-6-15)13(19)10-17-4-2-3-12(17)9-14(20)21/h12H,2-10H2,1H3,(H,20,21). The number of hydrogen-bond acceptors (Lipinski definition) is 4. The molecule has 2 saturated heterocycles. The zero-order chi connectivity index (χ0) is 15.4. The van der Waals surface area contributed by atoms with Crippen LogP contribution in [0.5, 0.6) is 0 Å². The quantitative estimate of drug-likeness (QED) is 0.765. The summed E-state index contributed by atoms with van der Waals surface area (Å²) < 4.78 is 0. The molecule has 21 heavy (non-hydrogen) atoms. The van der Waals surface area contributed by atoms with Gasteiger partial charge in [-0.3, -0.25) is 19.3 Å². The van der Waals surface area contributed by atoms with Crippen LogP contribution >= 0.6 is 0 Å². The number of likely N-dealkylation sites (tertiary alicyclic amines) is 1. The van der Waals surface area contributed by atoms with E-state index in [9.17, 15) is 14.4 Å². The van der Waals surface area contributed by atoms with Crippen molar-refractivity contribution < 1.29 is 19.5 Å². The van der Waals surface area contributed by atoms with E-state index in [1.807, 2.05) is 4.90 Å². The first kappa shape index (κ1) is 15.8. The van der Waals surface area contributed by atoms with Crippen LogP contribution in [-0.2, 0) is 14.4 Å². The van der Waals surface area contributed by atoms with E-state index in [0.717, 1.165) is 19.4 Å². The summed E-state index contributed by atoms with van der Waals surface area (Å²) in [5.74, 6) is -0.729. The number of hydrogen-bond donors (Lipinski definition) is 1. The van der Waals surface area contributed by atoms with E-state index < -0.39 is 5.97 Å². The number of piperazine rings is 1. The molecule has 2 rings (SSSR count). The zero-order valence-corrected chi connectivity index (χ0v) is 12.5. The summed E-state index contributed by atoms with van der Waals surface area (Å²) in [5, 5.41) is 8.90. The fourth-order valence-electron chi connectivity index (χ4n) is 3.08. The molecule has 0 saturated carbocycles. The van der Waals surface area contributed by atoms with Crippen LogP contribution in [0.25, 0.3) is 0 Å². The van der Waals surface area contributed by atoms with Gasteiger partial charge in [-0.25, -0.2) is 0 Å². The maximum absolute atomic E-state index is 12.3. The Kier molecular flexibility index (Phi) is 5.17. The Bertz CT molecular complexity index is 418. The van der Waals surface area contributed by atoms with Crippen LogP contribution in [-0.4, -0.2) is 82.9 Å². The molecule has 7 heteroatoms. The van der Waals surface area contributed by atoms with Gasteiger partial charge in [-0.15, -0.1) is 0 Å². The highest BCUT2D eigenvalue weighted by molar-refractivity contribution is 5.79. The fourth-order valence-corrected chi connectivity index (χ4v) is 3.08. The second-order valence-electron chi connectivity index (χ2n) is 5.75. The van der Waals surface area contributed by atoms with Gasteiger partial charge in [0.1, 0.15) is 0 Å². The van der Waals surface area contributed by atoms with E-state index >= 15 is 0 Å². The maximum Gasteiger partial charge on any atom is 0.304 e. The van der Waals surface area contributed by atoms with Crippen molar-refractivity contribution in [2.75, 3.05) is 39.3 Å². The minimum atomic E-state index is -0.811. The van der Waals surface area contributed by atoms with Crippen LogP contribution in [0.15, 0.2) is 0 Å². The Balaban J connectivity index is 1.81. The van der Waals surface area contributed by atoms with E-state index in [1.165, 1.54) is 6.92 Å². The lowest BCUT2D eigenvalue weighted by Gasteiger charge is -2.35. The molecule has 2 aliphatic heterocycles. The summed E-state index contributed by atoms with van der Waals surface area (Å²) in [5.41, 5.74) is 0. The molecule has 7 nitrogen and oxygen atoms in total. The highest BCUT2D eigenvalue weighted by Gasteiger charge is 2.30. The molecule has 0 aromatic carbocycles. The van der Waals surface area contributed by atoms with Crippen molar-refractivity contribution in [1.82, 2.24) is 14.7 Å². The van der Waals surface area contributed by atoms with E-state index in [2.05, 4.69) is 0 Å². The van der Waals surface area contributed by atoms with E-state index in [4.69, 9.17) is 5.11 Å². The maximum atomic E-state index is 12.3. The summed E-state index contributed by atoms with van der Waals surface area (Å²) in [6.07, 6.45) is 1.90. The largest absolute Gasteiger partial charge is 0.481 e. The highest BCUT2D eigenvalue weighted by Crippen LogP contribution is 2.20. The van der Waals surface area contributed by atoms with Gasteiger partial charge in [0.05, 0.1) is 13.0 Å². The third kappa shape index (κ3) is 4.17. The first-order valence-corrected chi connectivity index (χ1v) is 7.46. The molecule has 0 bridgehead atoms. The number of carboxylic acids is 1. The normalized spacial score (nSPS) is 23.4. The van der Waals surface area contributed by atoms with Crippen LogP contribution in [0.2, 0.25) is 0 Å². The van der Waals surface area contributed by atoms with Gasteiger partial charge in [-0.2, -0.15) is 0 Å². The summed E-state index contributed by atoms with van der Waals surface area (Å²) >= 11 is 0. The molecule has 1 N–H and O–H groups in total. The van der Waals surface area contributed by atoms with Crippen molar-refractivity contribution in [3.8, 4) is 0 Å². The Labute approximate surface area is 124 Å². The van der Waals surface area contributed by atoms with Gasteiger partial charge in [0.2, 0.25) is 11.8 Å². The highest BCUT2D eigenvalue weighted by atomic mass is 16.4. The predicted molar refractivity (Wildman–Crippen MR) is 75.7 cm³/mol. The lowest BCUT2D eigenvalue weighted by atomic mass is 10.1. The zero-order valence-electron chi connectivity index (χ0n) is 12.5. The first-order valence-electron chi connectivity index (χ1n) is 7.46. The number of nitrogens with zero attached hydrogens (tertiary/aromatic N) is 3. The van der Waals surface area contributed by atoms with Crippen molar-refractivity contribution in [2.45, 2.75) is 32.2 Å². The molecule has 0 aromatic rings. The first-order chi connectivity index (χ1) is 9.97. The minimum absolute atomic E-state index is 0.0232. The van der Waals surface area contributed by atoms with Crippen molar-refractivity contribution >= 4 is 17.8 Å². The average molecular weight is 297 g/mol. The van der Waals surface area contributed by atoms with Crippen molar-refractivity contribution in [3.05, 3.63) is 0 Å². The second-order valence-corrected chi connectivity index (χ2v) is 5.75. The van der Waals surface area contributed by atoms with E-state index in [1.54, 1.807) is 9.80 Å². The van der Waals surface area contributed by atoms with Gasteiger partial charge in [-0.1, -0.05) is 0 Å². The SMILES string of the molecule is CC(=O)N1CCN(C(=O)CN2CCCC2CC(=O)O)CC1. The van der Waals surface area contributed by atoms with Gasteiger partial charge in [0, 0.05) is 39.1 Å². The monoisotopic (exact) mass is 297 g/mol. The summed E-state index contributed by atoms with van der Waals surface area (Å²) in [6.45, 7) is 4.91. The number of aliphatic carboxylic acids is 1. The van der Waals surface area contributed by atoms with Crippen molar-refractivity contribution in [2.24, 2.45) is 0 Å². The fraction of sp³-hybridized carbons (Fsp3) is 0.786. The molecule has 118 valence electrons. The van der Waals surface area contributed by atoms with Gasteiger partial charge < -0.3 is 14.9 Å². The lowest BCUT2D eigenvalue weighted by molar-refractivity contribution is -0.141. The number of amides is 2. The van der Waals surface area contributed by atoms with Crippen LogP contribution < -0.4 is 0 Å². The molecule has 2 amide bonds. The summed E-state index contributed by atoms with van der Waals surface area (Å²) in [4.78, 5) is 39.9. The van der Waals surface area contributed by atoms with Gasteiger partial charge in [0.15, 0.2) is 0 Å². The molecular formula is C14H23N3O4. The van der Waals surface area contributed by atoms with Gasteiger partial charge in [-0.05, 0) is 19.4 Å². The van der Waals surface area contributed by atoms with Crippen LogP contribution in [0.1, 0.15) is 26.2 Å². The van der Waals surface area contributed by atoms with Gasteiger partial charge >= 0.3 is 5.97 Å². The molecular weight excluding hydrogens is 274 g/mol. The predicted octanol–water partition coefficient (Wildman–Crippen LogP) is -0.384. The Morgan fingerprint density at radius 2 is 1.67 bits per heavy atom. The molecule has 0 radical (unpaired) electrons. The molecule has 2 aliphatic rings. The van der Waals surface area contributed by atoms with Crippen LogP contribution in [0.4, 0.5) is 0 Å². The second kappa shape index (κ2) is 6.89. The molecule has 0 aromatic heterocycles. The molecule has 0 aliphatic carbocycles. The Morgan fingerprint density at radius 3 is 2.24 bits per heavy atom. The molecule has 2 fully saturated rings. The van der Waals surface area contributed by atoms with E-state index in [-0.39, 0.29) is 30.8 Å². The summed E-state index contributed by atoms with van der Waals surface area (Å²) in [6, 6.07) is -0.0232. The topological polar surface area (TPSA) is 81.2 Å².